The average molecular weight is 504 g/mol. The van der Waals surface area contributed by atoms with Gasteiger partial charge in [-0.05, 0) is 89.3 Å². The number of nitrogens with zero attached hydrogens (tertiary/aromatic N) is 5. The molecule has 4 aliphatic rings. The van der Waals surface area contributed by atoms with E-state index in [-0.39, 0.29) is 0 Å². The van der Waals surface area contributed by atoms with Gasteiger partial charge in [-0.3, -0.25) is 4.68 Å². The molecule has 2 aromatic heterocycles. The van der Waals surface area contributed by atoms with E-state index >= 15 is 0 Å². The molecule has 2 aliphatic heterocycles. The van der Waals surface area contributed by atoms with E-state index in [9.17, 15) is 0 Å². The maximum atomic E-state index is 8.05. The minimum absolute atomic E-state index is 0.440. The summed E-state index contributed by atoms with van der Waals surface area (Å²) in [6, 6.07) is 2.97. The molecule has 1 saturated heterocycles. The zero-order chi connectivity index (χ0) is 25.6. The summed E-state index contributed by atoms with van der Waals surface area (Å²) in [4.78, 5) is 9.89. The number of rotatable bonds is 6. The number of anilines is 2. The van der Waals surface area contributed by atoms with E-state index in [2.05, 4.69) is 37.8 Å². The summed E-state index contributed by atoms with van der Waals surface area (Å²) in [5.41, 5.74) is 7.44. The number of aryl methyl sites for hydroxylation is 2. The largest absolute Gasteiger partial charge is 0.373 e. The molecule has 3 atom stereocenters. The predicted octanol–water partition coefficient (Wildman–Crippen LogP) is 5.32. The van der Waals surface area contributed by atoms with Gasteiger partial charge in [0.2, 0.25) is 0 Å². The summed E-state index contributed by atoms with van der Waals surface area (Å²) >= 11 is 0. The molecular formula is C30H45N7. The highest BCUT2D eigenvalue weighted by Gasteiger charge is 2.46. The maximum absolute atomic E-state index is 8.05. The van der Waals surface area contributed by atoms with Crippen LogP contribution in [0.15, 0.2) is 6.07 Å². The van der Waals surface area contributed by atoms with Gasteiger partial charge in [0, 0.05) is 62.3 Å². The molecule has 6 rings (SSSR count). The lowest BCUT2D eigenvalue weighted by molar-refractivity contribution is -0.0178. The molecule has 2 N–H and O–H groups in total. The van der Waals surface area contributed by atoms with E-state index in [0.717, 1.165) is 60.8 Å². The topological polar surface area (TPSA) is 73.1 Å². The van der Waals surface area contributed by atoms with Crippen molar-refractivity contribution in [3.8, 4) is 0 Å². The van der Waals surface area contributed by atoms with Crippen LogP contribution in [0, 0.1) is 30.6 Å². The Kier molecular flexibility index (Phi) is 6.76. The Morgan fingerprint density at radius 3 is 2.73 bits per heavy atom. The van der Waals surface area contributed by atoms with Crippen LogP contribution in [0.5, 0.6) is 0 Å². The Bertz CT molecular complexity index is 1150. The lowest BCUT2D eigenvalue weighted by Crippen LogP contribution is -2.51. The summed E-state index contributed by atoms with van der Waals surface area (Å²) < 4.78 is 2.43. The average Bonchev–Trinajstić information content (AvgIpc) is 3.22. The molecule has 2 bridgehead atoms. The van der Waals surface area contributed by atoms with Crippen molar-refractivity contribution in [1.29, 1.82) is 5.41 Å². The van der Waals surface area contributed by atoms with Crippen molar-refractivity contribution in [2.45, 2.75) is 97.2 Å². The highest BCUT2D eigenvalue weighted by Crippen LogP contribution is 2.51. The van der Waals surface area contributed by atoms with Gasteiger partial charge in [0.05, 0.1) is 16.9 Å². The summed E-state index contributed by atoms with van der Waals surface area (Å²) in [5.74, 6) is 1.67. The number of hydrogen-bond acceptors (Lipinski definition) is 6. The first-order valence-corrected chi connectivity index (χ1v) is 14.7. The molecule has 7 nitrogen and oxygen atoms in total. The first-order chi connectivity index (χ1) is 18.0. The van der Waals surface area contributed by atoms with Gasteiger partial charge in [-0.2, -0.15) is 5.10 Å². The molecule has 2 saturated carbocycles. The van der Waals surface area contributed by atoms with Gasteiger partial charge in [-0.15, -0.1) is 0 Å². The molecule has 37 heavy (non-hydrogen) atoms. The fraction of sp³-hybridized carbons (Fsp3) is 0.700. The van der Waals surface area contributed by atoms with Crippen molar-refractivity contribution in [1.82, 2.24) is 19.7 Å². The Balaban J connectivity index is 1.21. The van der Waals surface area contributed by atoms with Crippen LogP contribution in [-0.4, -0.2) is 58.6 Å². The van der Waals surface area contributed by atoms with Crippen LogP contribution in [0.2, 0.25) is 0 Å². The Morgan fingerprint density at radius 2 is 1.95 bits per heavy atom. The maximum Gasteiger partial charge on any atom is 0.136 e. The van der Waals surface area contributed by atoms with Crippen LogP contribution in [0.4, 0.5) is 11.5 Å². The third kappa shape index (κ3) is 4.58. The molecule has 0 radical (unpaired) electrons. The van der Waals surface area contributed by atoms with Gasteiger partial charge in [0.25, 0.3) is 0 Å². The molecule has 0 aromatic carbocycles. The van der Waals surface area contributed by atoms with E-state index in [1.807, 2.05) is 14.0 Å². The van der Waals surface area contributed by atoms with E-state index in [0.29, 0.717) is 5.41 Å². The third-order valence-corrected chi connectivity index (χ3v) is 10.1. The smallest absolute Gasteiger partial charge is 0.136 e. The molecule has 0 spiro atoms. The van der Waals surface area contributed by atoms with Crippen LogP contribution in [-0.2, 0) is 19.5 Å². The molecule has 7 heteroatoms. The molecule has 3 unspecified atom stereocenters. The number of likely N-dealkylation sites (tertiary alicyclic amines) is 1. The first kappa shape index (κ1) is 24.9. The first-order valence-electron chi connectivity index (χ1n) is 14.7. The highest BCUT2D eigenvalue weighted by molar-refractivity contribution is 5.92. The second-order valence-electron chi connectivity index (χ2n) is 12.3. The van der Waals surface area contributed by atoms with Crippen molar-refractivity contribution in [2.75, 3.05) is 36.9 Å². The molecule has 200 valence electrons. The third-order valence-electron chi connectivity index (χ3n) is 10.1. The zero-order valence-electron chi connectivity index (χ0n) is 23.2. The van der Waals surface area contributed by atoms with Crippen LogP contribution >= 0.6 is 0 Å². The minimum Gasteiger partial charge on any atom is -0.373 e. The van der Waals surface area contributed by atoms with Crippen LogP contribution in [0.25, 0.3) is 0 Å². The van der Waals surface area contributed by atoms with Crippen molar-refractivity contribution < 1.29 is 0 Å². The van der Waals surface area contributed by atoms with Gasteiger partial charge in [0.1, 0.15) is 5.82 Å². The van der Waals surface area contributed by atoms with E-state index in [4.69, 9.17) is 10.5 Å². The summed E-state index contributed by atoms with van der Waals surface area (Å²) in [6.07, 6.45) is 15.1. The van der Waals surface area contributed by atoms with E-state index < -0.39 is 0 Å². The fourth-order valence-corrected chi connectivity index (χ4v) is 8.28. The highest BCUT2D eigenvalue weighted by atomic mass is 15.3. The summed E-state index contributed by atoms with van der Waals surface area (Å²) in [5, 5.41) is 16.4. The number of piperidine rings is 1. The molecule has 2 aromatic rings. The molecule has 2 aliphatic carbocycles. The monoisotopic (exact) mass is 503 g/mol. The van der Waals surface area contributed by atoms with Crippen molar-refractivity contribution in [3.05, 3.63) is 34.3 Å². The van der Waals surface area contributed by atoms with Crippen LogP contribution in [0.3, 0.4) is 0 Å². The predicted molar refractivity (Wildman–Crippen MR) is 151 cm³/mol. The van der Waals surface area contributed by atoms with Gasteiger partial charge < -0.3 is 20.5 Å². The molecule has 4 heterocycles. The second kappa shape index (κ2) is 10.0. The number of hydrogen-bond donors (Lipinski definition) is 2. The van der Waals surface area contributed by atoms with Crippen LogP contribution in [0.1, 0.15) is 86.0 Å². The fourth-order valence-electron chi connectivity index (χ4n) is 8.28. The standard InChI is InChI=1S/C30H45N7/c1-21-16-28(24(18-31)29(32-3)33-21)36-15-10-27-25(19-36)22(2)34-37(27)20-30-11-7-8-23(17-30)26(9-12-30)35-13-5-4-6-14-35/h16,18,23,26,31H,4-15,17,19-20H2,1-3H3,(H,32,33). The van der Waals surface area contributed by atoms with E-state index in [1.165, 1.54) is 94.0 Å². The number of pyridine rings is 1. The zero-order valence-corrected chi connectivity index (χ0v) is 23.2. The number of nitrogens with one attached hydrogen (secondary N) is 2. The lowest BCUT2D eigenvalue weighted by Gasteiger charge is -2.52. The lowest BCUT2D eigenvalue weighted by atomic mass is 9.60. The van der Waals surface area contributed by atoms with Gasteiger partial charge in [0.15, 0.2) is 0 Å². The quantitative estimate of drug-likeness (QED) is 0.522. The van der Waals surface area contributed by atoms with Crippen molar-refractivity contribution >= 4 is 17.7 Å². The number of aromatic nitrogens is 3. The van der Waals surface area contributed by atoms with Gasteiger partial charge in [-0.1, -0.05) is 12.8 Å². The molecule has 3 fully saturated rings. The summed E-state index contributed by atoms with van der Waals surface area (Å²) in [7, 11) is 1.89. The van der Waals surface area contributed by atoms with Gasteiger partial charge >= 0.3 is 0 Å². The minimum atomic E-state index is 0.440. The Morgan fingerprint density at radius 1 is 1.11 bits per heavy atom. The Labute approximate surface area is 222 Å². The van der Waals surface area contributed by atoms with Crippen molar-refractivity contribution in [2.24, 2.45) is 11.3 Å². The van der Waals surface area contributed by atoms with Crippen molar-refractivity contribution in [3.63, 3.8) is 0 Å². The van der Waals surface area contributed by atoms with Crippen LogP contribution < -0.4 is 10.2 Å². The Hall–Kier alpha value is -2.41. The number of fused-ring (bicyclic) bond motifs is 3. The second-order valence-corrected chi connectivity index (χ2v) is 12.3. The van der Waals surface area contributed by atoms with Gasteiger partial charge in [-0.25, -0.2) is 4.98 Å². The molecular weight excluding hydrogens is 458 g/mol. The molecule has 0 amide bonds. The SMILES string of the molecule is CNc1nc(C)cc(N2CCc3c(c(C)nn3CC34CCCC(C3)C(N3CCCCC3)CC4)C2)c1C=N. The normalized spacial score (nSPS) is 28.1. The summed E-state index contributed by atoms with van der Waals surface area (Å²) in [6.45, 7) is 9.83. The van der Waals surface area contributed by atoms with E-state index in [1.54, 1.807) is 0 Å².